The monoisotopic (exact) mass is 209 g/mol. The van der Waals surface area contributed by atoms with E-state index in [1.165, 1.54) is 5.56 Å². The second-order valence-corrected chi connectivity index (χ2v) is 4.20. The average molecular weight is 209 g/mol. The number of amides is 2. The molecule has 1 aliphatic rings. The molecule has 0 bridgehead atoms. The molecule has 0 aliphatic carbocycles. The first kappa shape index (κ1) is 9.21. The number of hydrazone groups is 1. The summed E-state index contributed by atoms with van der Waals surface area (Å²) in [6.07, 6.45) is 0. The highest BCUT2D eigenvalue weighted by molar-refractivity contribution is 7.12. The molecule has 0 radical (unpaired) electrons. The summed E-state index contributed by atoms with van der Waals surface area (Å²) >= 11 is 1.64. The summed E-state index contributed by atoms with van der Waals surface area (Å²) in [5.41, 5.74) is 4.53. The van der Waals surface area contributed by atoms with E-state index in [2.05, 4.69) is 27.3 Å². The predicted octanol–water partition coefficient (Wildman–Crippen LogP) is 1.46. The first-order valence-corrected chi connectivity index (χ1v) is 5.24. The molecule has 0 spiro atoms. The highest BCUT2D eigenvalue weighted by Crippen LogP contribution is 2.17. The quantitative estimate of drug-likeness (QED) is 0.723. The van der Waals surface area contributed by atoms with E-state index in [0.29, 0.717) is 0 Å². The molecule has 0 saturated carbocycles. The number of hydrogen-bond donors (Lipinski definition) is 2. The summed E-state index contributed by atoms with van der Waals surface area (Å²) in [6, 6.07) is 1.80. The summed E-state index contributed by atoms with van der Waals surface area (Å²) in [6.45, 7) is 3.96. The maximum absolute atomic E-state index is 10.9. The fourth-order valence-electron chi connectivity index (χ4n) is 1.34. The minimum Gasteiger partial charge on any atom is -0.328 e. The van der Waals surface area contributed by atoms with Crippen molar-refractivity contribution < 1.29 is 4.79 Å². The van der Waals surface area contributed by atoms with Gasteiger partial charge in [0.25, 0.3) is 0 Å². The molecule has 1 aliphatic heterocycles. The van der Waals surface area contributed by atoms with E-state index >= 15 is 0 Å². The van der Waals surface area contributed by atoms with Crippen LogP contribution < -0.4 is 10.7 Å². The Labute approximate surface area is 86.0 Å². The number of aryl methyl sites for hydroxylation is 1. The van der Waals surface area contributed by atoms with Crippen molar-refractivity contribution in [3.05, 3.63) is 21.9 Å². The summed E-state index contributed by atoms with van der Waals surface area (Å²) in [5, 5.41) is 8.87. The molecule has 4 nitrogen and oxygen atoms in total. The van der Waals surface area contributed by atoms with Gasteiger partial charge in [0.2, 0.25) is 0 Å². The second-order valence-electron chi connectivity index (χ2n) is 3.29. The number of nitrogens with one attached hydrogen (secondary N) is 2. The van der Waals surface area contributed by atoms with Gasteiger partial charge in [0.15, 0.2) is 0 Å². The van der Waals surface area contributed by atoms with Gasteiger partial charge in [-0.3, -0.25) is 0 Å². The maximum atomic E-state index is 10.9. The second kappa shape index (κ2) is 3.42. The zero-order chi connectivity index (χ0) is 10.1. The summed E-state index contributed by atoms with van der Waals surface area (Å²) in [4.78, 5) is 12.0. The molecule has 0 fully saturated rings. The number of carbonyl (C=O) groups is 1. The fourth-order valence-corrected chi connectivity index (χ4v) is 2.32. The van der Waals surface area contributed by atoms with Gasteiger partial charge in [-0.05, 0) is 30.9 Å². The molecule has 0 saturated heterocycles. The number of nitrogens with zero attached hydrogens (tertiary/aromatic N) is 1. The van der Waals surface area contributed by atoms with Gasteiger partial charge in [0.05, 0.1) is 10.9 Å². The third-order valence-corrected chi connectivity index (χ3v) is 3.09. The van der Waals surface area contributed by atoms with Crippen LogP contribution in [0.2, 0.25) is 0 Å². The molecule has 1 aromatic rings. The Hall–Kier alpha value is -1.36. The van der Waals surface area contributed by atoms with E-state index in [4.69, 9.17) is 0 Å². The maximum Gasteiger partial charge on any atom is 0.335 e. The number of thiophene rings is 1. The zero-order valence-electron chi connectivity index (χ0n) is 8.00. The lowest BCUT2D eigenvalue weighted by Gasteiger charge is -2.19. The first-order valence-electron chi connectivity index (χ1n) is 4.36. The van der Waals surface area contributed by atoms with E-state index in [1.807, 2.05) is 13.8 Å². The fraction of sp³-hybridized carbons (Fsp3) is 0.333. The molecule has 0 aromatic carbocycles. The van der Waals surface area contributed by atoms with Crippen LogP contribution in [0, 0.1) is 6.92 Å². The molecule has 2 amide bonds. The molecule has 1 aromatic heterocycles. The summed E-state index contributed by atoms with van der Waals surface area (Å²) < 4.78 is 0. The van der Waals surface area contributed by atoms with Crippen LogP contribution in [0.15, 0.2) is 16.5 Å². The highest BCUT2D eigenvalue weighted by Gasteiger charge is 2.20. The highest BCUT2D eigenvalue weighted by atomic mass is 32.1. The third-order valence-electron chi connectivity index (χ3n) is 2.02. The van der Waals surface area contributed by atoms with Gasteiger partial charge in [-0.2, -0.15) is 5.10 Å². The Balaban J connectivity index is 2.30. The van der Waals surface area contributed by atoms with Crippen LogP contribution in [0.3, 0.4) is 0 Å². The lowest BCUT2D eigenvalue weighted by molar-refractivity contribution is 0.239. The van der Waals surface area contributed by atoms with Gasteiger partial charge < -0.3 is 5.32 Å². The van der Waals surface area contributed by atoms with E-state index in [0.717, 1.165) is 10.6 Å². The Morgan fingerprint density at radius 2 is 2.36 bits per heavy atom. The Bertz CT molecular complexity index is 397. The van der Waals surface area contributed by atoms with Crippen molar-refractivity contribution in [1.29, 1.82) is 0 Å². The summed E-state index contributed by atoms with van der Waals surface area (Å²) in [7, 11) is 0. The van der Waals surface area contributed by atoms with Crippen molar-refractivity contribution in [2.75, 3.05) is 0 Å². The molecule has 2 rings (SSSR count). The lowest BCUT2D eigenvalue weighted by Crippen LogP contribution is -2.48. The summed E-state index contributed by atoms with van der Waals surface area (Å²) in [5.74, 6) is 0. The van der Waals surface area contributed by atoms with E-state index < -0.39 is 0 Å². The predicted molar refractivity (Wildman–Crippen MR) is 56.7 cm³/mol. The SMILES string of the molecule is Cc1csc(C2=NNC(=O)NC2C)c1. The lowest BCUT2D eigenvalue weighted by atomic mass is 10.1. The molecule has 14 heavy (non-hydrogen) atoms. The van der Waals surface area contributed by atoms with E-state index in [1.54, 1.807) is 11.3 Å². The largest absolute Gasteiger partial charge is 0.335 e. The van der Waals surface area contributed by atoms with Gasteiger partial charge in [0, 0.05) is 0 Å². The molecular weight excluding hydrogens is 198 g/mol. The minimum atomic E-state index is -0.241. The molecule has 5 heteroatoms. The number of urea groups is 1. The smallest absolute Gasteiger partial charge is 0.328 e. The van der Waals surface area contributed by atoms with Gasteiger partial charge in [-0.1, -0.05) is 0 Å². The van der Waals surface area contributed by atoms with E-state index in [-0.39, 0.29) is 12.1 Å². The first-order chi connectivity index (χ1) is 6.66. The Morgan fingerprint density at radius 3 is 2.93 bits per heavy atom. The van der Waals surface area contributed by atoms with Gasteiger partial charge in [-0.25, -0.2) is 10.2 Å². The van der Waals surface area contributed by atoms with Gasteiger partial charge >= 0.3 is 6.03 Å². The van der Waals surface area contributed by atoms with Crippen molar-refractivity contribution in [1.82, 2.24) is 10.7 Å². The van der Waals surface area contributed by atoms with Crippen LogP contribution >= 0.6 is 11.3 Å². The molecule has 2 N–H and O–H groups in total. The molecule has 2 heterocycles. The molecular formula is C9H11N3OS. The number of rotatable bonds is 1. The van der Waals surface area contributed by atoms with Crippen molar-refractivity contribution in [2.24, 2.45) is 5.10 Å². The average Bonchev–Trinajstić information content (AvgIpc) is 2.51. The standard InChI is InChI=1S/C9H11N3OS/c1-5-3-7(14-4-5)8-6(2)10-9(13)12-11-8/h3-4,6H,1-2H3,(H2,10,12,13). The normalized spacial score (nSPS) is 21.1. The van der Waals surface area contributed by atoms with Crippen LogP contribution in [-0.2, 0) is 0 Å². The zero-order valence-corrected chi connectivity index (χ0v) is 8.81. The molecule has 1 unspecified atom stereocenters. The molecule has 74 valence electrons. The molecule has 1 atom stereocenters. The van der Waals surface area contributed by atoms with Crippen LogP contribution in [0.4, 0.5) is 4.79 Å². The van der Waals surface area contributed by atoms with Crippen molar-refractivity contribution >= 4 is 23.1 Å². The van der Waals surface area contributed by atoms with Gasteiger partial charge in [-0.15, -0.1) is 11.3 Å². The topological polar surface area (TPSA) is 53.5 Å². The van der Waals surface area contributed by atoms with Crippen LogP contribution in [0.1, 0.15) is 17.4 Å². The third kappa shape index (κ3) is 1.63. The Kier molecular flexibility index (Phi) is 2.25. The van der Waals surface area contributed by atoms with Crippen LogP contribution in [0.25, 0.3) is 0 Å². The van der Waals surface area contributed by atoms with Crippen LogP contribution in [-0.4, -0.2) is 17.8 Å². The van der Waals surface area contributed by atoms with E-state index in [9.17, 15) is 4.79 Å². The number of hydrogen-bond acceptors (Lipinski definition) is 3. The van der Waals surface area contributed by atoms with Gasteiger partial charge in [0.1, 0.15) is 5.71 Å². The number of carbonyl (C=O) groups excluding carboxylic acids is 1. The van der Waals surface area contributed by atoms with Crippen molar-refractivity contribution in [2.45, 2.75) is 19.9 Å². The minimum absolute atomic E-state index is 0.0261. The Morgan fingerprint density at radius 1 is 1.57 bits per heavy atom. The van der Waals surface area contributed by atoms with Crippen molar-refractivity contribution in [3.63, 3.8) is 0 Å². The van der Waals surface area contributed by atoms with Crippen LogP contribution in [0.5, 0.6) is 0 Å². The van der Waals surface area contributed by atoms with Crippen molar-refractivity contribution in [3.8, 4) is 0 Å².